The fourth-order valence-electron chi connectivity index (χ4n) is 3.79. The lowest BCUT2D eigenvalue weighted by atomic mass is 10.0. The molecule has 0 spiro atoms. The standard InChI is InChI=1S/C25H45NO6/c1-5-6-7-8-9-10-11-12-16-26(17-13-20(2)23(27)28,18-14-21(3)24(29)30)19-15-22(4)25(31)32/h6-7,20-22H,5,8-19H2,1-4H3,(H2-,27,28,29,30,31,32)/p+1/b7-6+. The summed E-state index contributed by atoms with van der Waals surface area (Å²) in [5.41, 5.74) is 0. The van der Waals surface area contributed by atoms with Gasteiger partial charge < -0.3 is 19.8 Å². The highest BCUT2D eigenvalue weighted by Crippen LogP contribution is 2.21. The van der Waals surface area contributed by atoms with Crippen LogP contribution in [0.2, 0.25) is 0 Å². The highest BCUT2D eigenvalue weighted by atomic mass is 16.4. The zero-order valence-electron chi connectivity index (χ0n) is 20.6. The molecule has 0 saturated heterocycles. The second-order valence-electron chi connectivity index (χ2n) is 9.40. The first-order valence-corrected chi connectivity index (χ1v) is 12.2. The molecule has 32 heavy (non-hydrogen) atoms. The third-order valence-corrected chi connectivity index (χ3v) is 6.53. The zero-order valence-corrected chi connectivity index (χ0v) is 20.6. The molecule has 0 aliphatic heterocycles. The molecular formula is C25H46NO6+. The second-order valence-corrected chi connectivity index (χ2v) is 9.40. The summed E-state index contributed by atoms with van der Waals surface area (Å²) in [5.74, 6) is -3.94. The van der Waals surface area contributed by atoms with Gasteiger partial charge in [-0.1, -0.05) is 46.3 Å². The Labute approximate surface area is 194 Å². The molecule has 186 valence electrons. The van der Waals surface area contributed by atoms with Gasteiger partial charge in [0.1, 0.15) is 0 Å². The largest absolute Gasteiger partial charge is 0.481 e. The van der Waals surface area contributed by atoms with E-state index >= 15 is 0 Å². The fourth-order valence-corrected chi connectivity index (χ4v) is 3.79. The summed E-state index contributed by atoms with van der Waals surface area (Å²) in [6.45, 7) is 9.93. The van der Waals surface area contributed by atoms with Crippen molar-refractivity contribution in [2.24, 2.45) is 17.8 Å². The predicted molar refractivity (Wildman–Crippen MR) is 126 cm³/mol. The molecule has 3 unspecified atom stereocenters. The van der Waals surface area contributed by atoms with Crippen LogP contribution >= 0.6 is 0 Å². The molecule has 0 aliphatic rings. The SMILES string of the molecule is CC/C=C/CCCCCC[N+](CCC(C)C(=O)O)(CCC(C)C(=O)O)CCC(C)C(=O)O. The summed E-state index contributed by atoms with van der Waals surface area (Å²) >= 11 is 0. The number of unbranched alkanes of at least 4 members (excludes halogenated alkanes) is 4. The van der Waals surface area contributed by atoms with Crippen LogP contribution < -0.4 is 0 Å². The summed E-state index contributed by atoms with van der Waals surface area (Å²) in [6, 6.07) is 0. The van der Waals surface area contributed by atoms with E-state index < -0.39 is 35.7 Å². The molecule has 7 nitrogen and oxygen atoms in total. The van der Waals surface area contributed by atoms with Crippen molar-refractivity contribution in [1.29, 1.82) is 0 Å². The molecule has 0 fully saturated rings. The molecule has 0 heterocycles. The monoisotopic (exact) mass is 456 g/mol. The molecule has 0 rings (SSSR count). The number of nitrogens with zero attached hydrogens (tertiary/aromatic N) is 1. The lowest BCUT2D eigenvalue weighted by molar-refractivity contribution is -0.929. The number of carbonyl (C=O) groups is 3. The lowest BCUT2D eigenvalue weighted by Crippen LogP contribution is -2.52. The highest BCUT2D eigenvalue weighted by Gasteiger charge is 2.31. The summed E-state index contributed by atoms with van der Waals surface area (Å²) in [6.07, 6.45) is 12.3. The first-order valence-electron chi connectivity index (χ1n) is 12.2. The topological polar surface area (TPSA) is 112 Å². The van der Waals surface area contributed by atoms with E-state index in [1.807, 2.05) is 0 Å². The van der Waals surface area contributed by atoms with Crippen molar-refractivity contribution < 1.29 is 34.2 Å². The fraction of sp³-hybridized carbons (Fsp3) is 0.800. The molecule has 3 N–H and O–H groups in total. The second kappa shape index (κ2) is 16.7. The molecule has 7 heteroatoms. The summed E-state index contributed by atoms with van der Waals surface area (Å²) in [4.78, 5) is 34.1. The van der Waals surface area contributed by atoms with E-state index in [-0.39, 0.29) is 0 Å². The van der Waals surface area contributed by atoms with Gasteiger partial charge in [-0.15, -0.1) is 0 Å². The number of allylic oxidation sites excluding steroid dienone is 2. The minimum atomic E-state index is -0.832. The van der Waals surface area contributed by atoms with Gasteiger partial charge in [0.15, 0.2) is 0 Å². The van der Waals surface area contributed by atoms with Crippen LogP contribution in [0, 0.1) is 17.8 Å². The van der Waals surface area contributed by atoms with Crippen LogP contribution in [0.1, 0.15) is 85.5 Å². The average molecular weight is 457 g/mol. The van der Waals surface area contributed by atoms with Crippen molar-refractivity contribution in [3.8, 4) is 0 Å². The Hall–Kier alpha value is -1.89. The molecule has 3 atom stereocenters. The van der Waals surface area contributed by atoms with Crippen LogP contribution in [0.25, 0.3) is 0 Å². The molecule has 0 aromatic rings. The highest BCUT2D eigenvalue weighted by molar-refractivity contribution is 5.70. The van der Waals surface area contributed by atoms with Crippen molar-refractivity contribution >= 4 is 17.9 Å². The van der Waals surface area contributed by atoms with Gasteiger partial charge in [-0.25, -0.2) is 0 Å². The van der Waals surface area contributed by atoms with E-state index in [4.69, 9.17) is 0 Å². The number of hydrogen-bond acceptors (Lipinski definition) is 3. The maximum atomic E-state index is 11.4. The van der Waals surface area contributed by atoms with E-state index in [0.717, 1.165) is 45.1 Å². The summed E-state index contributed by atoms with van der Waals surface area (Å²) < 4.78 is 0.600. The Bertz CT molecular complexity index is 529. The van der Waals surface area contributed by atoms with Crippen molar-refractivity contribution in [2.45, 2.75) is 85.5 Å². The minimum Gasteiger partial charge on any atom is -0.481 e. The Morgan fingerprint density at radius 3 is 1.44 bits per heavy atom. The van der Waals surface area contributed by atoms with Gasteiger partial charge in [-0.05, 0) is 32.1 Å². The van der Waals surface area contributed by atoms with Gasteiger partial charge in [-0.3, -0.25) is 14.4 Å². The number of rotatable bonds is 20. The van der Waals surface area contributed by atoms with E-state index in [1.165, 1.54) is 0 Å². The number of carboxylic acid groups (broad SMARTS) is 3. The number of quaternary nitrogens is 1. The number of hydrogen-bond donors (Lipinski definition) is 3. The molecular weight excluding hydrogens is 410 g/mol. The van der Waals surface area contributed by atoms with Crippen molar-refractivity contribution in [1.82, 2.24) is 0 Å². The van der Waals surface area contributed by atoms with Crippen molar-refractivity contribution in [3.63, 3.8) is 0 Å². The zero-order chi connectivity index (χ0) is 24.6. The molecule has 0 aromatic carbocycles. The Morgan fingerprint density at radius 2 is 1.06 bits per heavy atom. The molecule has 0 amide bonds. The Morgan fingerprint density at radius 1 is 0.656 bits per heavy atom. The maximum Gasteiger partial charge on any atom is 0.306 e. The summed E-state index contributed by atoms with van der Waals surface area (Å²) in [5, 5.41) is 28.0. The van der Waals surface area contributed by atoms with Gasteiger partial charge in [0.25, 0.3) is 0 Å². The van der Waals surface area contributed by atoms with Gasteiger partial charge in [0.2, 0.25) is 0 Å². The molecule has 0 bridgehead atoms. The van der Waals surface area contributed by atoms with Gasteiger partial charge in [0.05, 0.1) is 43.9 Å². The smallest absolute Gasteiger partial charge is 0.306 e. The van der Waals surface area contributed by atoms with Crippen LogP contribution in [-0.2, 0) is 14.4 Å². The normalized spacial score (nSPS) is 16.4. The van der Waals surface area contributed by atoms with Gasteiger partial charge in [0, 0.05) is 19.3 Å². The van der Waals surface area contributed by atoms with Crippen LogP contribution in [0.5, 0.6) is 0 Å². The number of carboxylic acids is 3. The van der Waals surface area contributed by atoms with Gasteiger partial charge >= 0.3 is 17.9 Å². The molecule has 0 aliphatic carbocycles. The van der Waals surface area contributed by atoms with Crippen LogP contribution in [0.4, 0.5) is 0 Å². The van der Waals surface area contributed by atoms with E-state index in [2.05, 4.69) is 19.1 Å². The van der Waals surface area contributed by atoms with Gasteiger partial charge in [-0.2, -0.15) is 0 Å². The Kier molecular flexibility index (Phi) is 15.7. The van der Waals surface area contributed by atoms with Crippen LogP contribution in [0.15, 0.2) is 12.2 Å². The van der Waals surface area contributed by atoms with E-state index in [0.29, 0.717) is 43.4 Å². The average Bonchev–Trinajstić information content (AvgIpc) is 2.75. The Balaban J connectivity index is 5.24. The van der Waals surface area contributed by atoms with Crippen LogP contribution in [-0.4, -0.2) is 63.9 Å². The minimum absolute atomic E-state index is 0.480. The predicted octanol–water partition coefficient (Wildman–Crippen LogP) is 5.05. The molecule has 0 aromatic heterocycles. The molecule has 0 radical (unpaired) electrons. The third kappa shape index (κ3) is 13.5. The van der Waals surface area contributed by atoms with E-state index in [9.17, 15) is 29.7 Å². The maximum absolute atomic E-state index is 11.4. The molecule has 0 saturated carbocycles. The first kappa shape index (κ1) is 30.1. The van der Waals surface area contributed by atoms with Crippen molar-refractivity contribution in [2.75, 3.05) is 26.2 Å². The van der Waals surface area contributed by atoms with Crippen molar-refractivity contribution in [3.05, 3.63) is 12.2 Å². The quantitative estimate of drug-likeness (QED) is 0.134. The van der Waals surface area contributed by atoms with Crippen LogP contribution in [0.3, 0.4) is 0 Å². The third-order valence-electron chi connectivity index (χ3n) is 6.53. The van der Waals surface area contributed by atoms with E-state index in [1.54, 1.807) is 20.8 Å². The first-order chi connectivity index (χ1) is 15.0. The lowest BCUT2D eigenvalue weighted by Gasteiger charge is -2.40. The number of aliphatic carboxylic acids is 3. The summed E-state index contributed by atoms with van der Waals surface area (Å²) in [7, 11) is 0.